The highest BCUT2D eigenvalue weighted by atomic mass is 32.2. The van der Waals surface area contributed by atoms with Crippen molar-refractivity contribution in [1.82, 2.24) is 9.62 Å². The van der Waals surface area contributed by atoms with Gasteiger partial charge in [0.15, 0.2) is 0 Å². The largest absolute Gasteiger partial charge is 0.494 e. The minimum atomic E-state index is -3.60. The first-order valence-electron chi connectivity index (χ1n) is 10.5. The van der Waals surface area contributed by atoms with Crippen LogP contribution in [0.3, 0.4) is 0 Å². The van der Waals surface area contributed by atoms with Crippen molar-refractivity contribution in [3.05, 3.63) is 24.3 Å². The van der Waals surface area contributed by atoms with E-state index in [2.05, 4.69) is 5.32 Å². The van der Waals surface area contributed by atoms with Crippen molar-refractivity contribution in [2.45, 2.75) is 69.2 Å². The van der Waals surface area contributed by atoms with Crippen LogP contribution in [0.2, 0.25) is 0 Å². The van der Waals surface area contributed by atoms with E-state index in [1.807, 2.05) is 6.92 Å². The first kappa shape index (κ1) is 21.1. The van der Waals surface area contributed by atoms with Gasteiger partial charge in [-0.1, -0.05) is 25.7 Å². The van der Waals surface area contributed by atoms with Gasteiger partial charge in [0, 0.05) is 19.1 Å². The molecule has 156 valence electrons. The molecule has 0 aromatic heterocycles. The summed E-state index contributed by atoms with van der Waals surface area (Å²) in [5.74, 6) is 0.397. The van der Waals surface area contributed by atoms with Crippen LogP contribution in [0, 0.1) is 5.92 Å². The summed E-state index contributed by atoms with van der Waals surface area (Å²) in [6, 6.07) is 6.76. The van der Waals surface area contributed by atoms with E-state index in [0.717, 1.165) is 32.1 Å². The first-order chi connectivity index (χ1) is 13.5. The molecule has 0 radical (unpaired) electrons. The maximum Gasteiger partial charge on any atom is 0.243 e. The van der Waals surface area contributed by atoms with Gasteiger partial charge in [0.05, 0.1) is 17.4 Å². The molecule has 1 N–H and O–H groups in total. The zero-order valence-electron chi connectivity index (χ0n) is 16.7. The maximum absolute atomic E-state index is 13.0. The molecular weight excluding hydrogens is 376 g/mol. The number of piperidine rings is 1. The van der Waals surface area contributed by atoms with Gasteiger partial charge in [-0.05, 0) is 56.9 Å². The Morgan fingerprint density at radius 3 is 2.39 bits per heavy atom. The van der Waals surface area contributed by atoms with E-state index in [1.54, 1.807) is 24.3 Å². The lowest BCUT2D eigenvalue weighted by Crippen LogP contribution is -2.47. The van der Waals surface area contributed by atoms with E-state index < -0.39 is 10.0 Å². The number of rotatable bonds is 6. The maximum atomic E-state index is 13.0. The number of carbonyl (C=O) groups excluding carboxylic acids is 1. The molecule has 1 aliphatic carbocycles. The van der Waals surface area contributed by atoms with Crippen LogP contribution in [0.5, 0.6) is 5.75 Å². The second-order valence-corrected chi connectivity index (χ2v) is 9.74. The zero-order valence-corrected chi connectivity index (χ0v) is 17.5. The number of nitrogens with zero attached hydrogens (tertiary/aromatic N) is 1. The first-order valence-corrected chi connectivity index (χ1v) is 12.0. The summed E-state index contributed by atoms with van der Waals surface area (Å²) >= 11 is 0. The Morgan fingerprint density at radius 2 is 1.75 bits per heavy atom. The van der Waals surface area contributed by atoms with Gasteiger partial charge >= 0.3 is 0 Å². The molecule has 7 heteroatoms. The predicted octanol–water partition coefficient (Wildman–Crippen LogP) is 3.33. The average molecular weight is 409 g/mol. The Labute approximate surface area is 168 Å². The summed E-state index contributed by atoms with van der Waals surface area (Å²) < 4.78 is 32.9. The van der Waals surface area contributed by atoms with E-state index in [4.69, 9.17) is 4.74 Å². The molecular formula is C21H32N2O4S. The molecule has 6 nitrogen and oxygen atoms in total. The fraction of sp³-hybridized carbons (Fsp3) is 0.667. The highest BCUT2D eigenvalue weighted by Gasteiger charge is 2.34. The molecule has 1 aliphatic heterocycles. The van der Waals surface area contributed by atoms with E-state index in [9.17, 15) is 13.2 Å². The predicted molar refractivity (Wildman–Crippen MR) is 109 cm³/mol. The quantitative estimate of drug-likeness (QED) is 0.733. The number of hydrogen-bond acceptors (Lipinski definition) is 4. The van der Waals surface area contributed by atoms with Gasteiger partial charge in [-0.15, -0.1) is 0 Å². The van der Waals surface area contributed by atoms with Crippen LogP contribution in [-0.4, -0.2) is 44.4 Å². The molecule has 28 heavy (non-hydrogen) atoms. The van der Waals surface area contributed by atoms with Gasteiger partial charge in [0.25, 0.3) is 0 Å². The number of sulfonamides is 1. The molecule has 2 aliphatic rings. The number of hydrogen-bond donors (Lipinski definition) is 1. The Balaban J connectivity index is 1.63. The smallest absolute Gasteiger partial charge is 0.243 e. The van der Waals surface area contributed by atoms with E-state index >= 15 is 0 Å². The van der Waals surface area contributed by atoms with Crippen molar-refractivity contribution in [3.8, 4) is 5.75 Å². The van der Waals surface area contributed by atoms with Crippen molar-refractivity contribution in [3.63, 3.8) is 0 Å². The SMILES string of the molecule is CCOc1ccc(S(=O)(=O)N2CCCC(C(=O)NC3CCCCCC3)C2)cc1. The number of benzene rings is 1. The summed E-state index contributed by atoms with van der Waals surface area (Å²) in [5.41, 5.74) is 0. The van der Waals surface area contributed by atoms with Gasteiger partial charge < -0.3 is 10.1 Å². The van der Waals surface area contributed by atoms with E-state index in [1.165, 1.54) is 17.1 Å². The number of ether oxygens (including phenoxy) is 1. The van der Waals surface area contributed by atoms with Crippen LogP contribution in [0.15, 0.2) is 29.2 Å². The van der Waals surface area contributed by atoms with Crippen molar-refractivity contribution in [2.24, 2.45) is 5.92 Å². The van der Waals surface area contributed by atoms with Crippen LogP contribution in [0.1, 0.15) is 58.3 Å². The molecule has 2 fully saturated rings. The second-order valence-electron chi connectivity index (χ2n) is 7.80. The Morgan fingerprint density at radius 1 is 1.07 bits per heavy atom. The molecule has 1 saturated heterocycles. The third kappa shape index (κ3) is 5.26. The van der Waals surface area contributed by atoms with Gasteiger partial charge in [-0.3, -0.25) is 4.79 Å². The van der Waals surface area contributed by atoms with Crippen LogP contribution < -0.4 is 10.1 Å². The third-order valence-electron chi connectivity index (χ3n) is 5.73. The normalized spacial score (nSPS) is 22.4. The summed E-state index contributed by atoms with van der Waals surface area (Å²) in [7, 11) is -3.60. The molecule has 1 amide bonds. The van der Waals surface area contributed by atoms with E-state index in [-0.39, 0.29) is 29.3 Å². The topological polar surface area (TPSA) is 75.7 Å². The van der Waals surface area contributed by atoms with Crippen LogP contribution >= 0.6 is 0 Å². The van der Waals surface area contributed by atoms with Gasteiger partial charge in [-0.25, -0.2) is 8.42 Å². The molecule has 3 rings (SSSR count). The molecule has 1 unspecified atom stereocenters. The third-order valence-corrected chi connectivity index (χ3v) is 7.61. The van der Waals surface area contributed by atoms with Crippen LogP contribution in [0.25, 0.3) is 0 Å². The standard InChI is InChI=1S/C21H32N2O4S/c1-2-27-19-11-13-20(14-12-19)28(25,26)23-15-7-8-17(16-23)21(24)22-18-9-5-3-4-6-10-18/h11-14,17-18H,2-10,15-16H2,1H3,(H,22,24). The lowest BCUT2D eigenvalue weighted by Gasteiger charge is -2.32. The summed E-state index contributed by atoms with van der Waals surface area (Å²) in [5, 5.41) is 3.18. The lowest BCUT2D eigenvalue weighted by molar-refractivity contribution is -0.126. The molecule has 1 atom stereocenters. The molecule has 1 saturated carbocycles. The Kier molecular flexibility index (Phi) is 7.35. The zero-order chi connectivity index (χ0) is 20.0. The molecule has 0 bridgehead atoms. The van der Waals surface area contributed by atoms with E-state index in [0.29, 0.717) is 25.3 Å². The van der Waals surface area contributed by atoms with Crippen molar-refractivity contribution in [1.29, 1.82) is 0 Å². The molecule has 1 aromatic rings. The number of carbonyl (C=O) groups is 1. The molecule has 0 spiro atoms. The van der Waals surface area contributed by atoms with Crippen LogP contribution in [0.4, 0.5) is 0 Å². The fourth-order valence-corrected chi connectivity index (χ4v) is 5.66. The minimum Gasteiger partial charge on any atom is -0.494 e. The number of nitrogens with one attached hydrogen (secondary N) is 1. The monoisotopic (exact) mass is 408 g/mol. The van der Waals surface area contributed by atoms with Crippen molar-refractivity contribution >= 4 is 15.9 Å². The van der Waals surface area contributed by atoms with Gasteiger partial charge in [-0.2, -0.15) is 4.31 Å². The van der Waals surface area contributed by atoms with Crippen molar-refractivity contribution < 1.29 is 17.9 Å². The Hall–Kier alpha value is -1.60. The Bertz CT molecular complexity index is 740. The minimum absolute atomic E-state index is 0.0125. The lowest BCUT2D eigenvalue weighted by atomic mass is 9.97. The summed E-state index contributed by atoms with van der Waals surface area (Å²) in [4.78, 5) is 13.0. The van der Waals surface area contributed by atoms with Gasteiger partial charge in [0.2, 0.25) is 15.9 Å². The summed E-state index contributed by atoms with van der Waals surface area (Å²) in [6.45, 7) is 3.14. The number of amides is 1. The fourth-order valence-electron chi connectivity index (χ4n) is 4.14. The van der Waals surface area contributed by atoms with Crippen LogP contribution in [-0.2, 0) is 14.8 Å². The highest BCUT2D eigenvalue weighted by Crippen LogP contribution is 2.26. The molecule has 1 aromatic carbocycles. The van der Waals surface area contributed by atoms with Crippen molar-refractivity contribution in [2.75, 3.05) is 19.7 Å². The second kappa shape index (κ2) is 9.74. The average Bonchev–Trinajstić information content (AvgIpc) is 2.97. The van der Waals surface area contributed by atoms with Gasteiger partial charge in [0.1, 0.15) is 5.75 Å². The molecule has 1 heterocycles. The highest BCUT2D eigenvalue weighted by molar-refractivity contribution is 7.89. The summed E-state index contributed by atoms with van der Waals surface area (Å²) in [6.07, 6.45) is 8.32.